The van der Waals surface area contributed by atoms with Crippen LogP contribution in [0.15, 0.2) is 59.2 Å². The molecule has 2 heteroatoms. The van der Waals surface area contributed by atoms with Crippen LogP contribution in [0, 0.1) is 0 Å². The van der Waals surface area contributed by atoms with Gasteiger partial charge in [-0.2, -0.15) is 0 Å². The quantitative estimate of drug-likeness (QED) is 0.749. The molecule has 0 atom stereocenters. The van der Waals surface area contributed by atoms with Gasteiger partial charge in [-0.3, -0.25) is 0 Å². The van der Waals surface area contributed by atoms with E-state index in [9.17, 15) is 0 Å². The van der Waals surface area contributed by atoms with E-state index in [0.29, 0.717) is 0 Å². The summed E-state index contributed by atoms with van der Waals surface area (Å²) in [6, 6.07) is 16.9. The van der Waals surface area contributed by atoms with E-state index in [2.05, 4.69) is 47.8 Å². The molecule has 0 spiro atoms. The molecule has 0 aliphatic rings. The highest BCUT2D eigenvalue weighted by molar-refractivity contribution is 5.87. The Balaban J connectivity index is 2.10. The number of fused-ring (bicyclic) bond motifs is 1. The molecule has 0 fully saturated rings. The van der Waals surface area contributed by atoms with Crippen LogP contribution in [-0.4, -0.2) is 7.05 Å². The summed E-state index contributed by atoms with van der Waals surface area (Å²) < 4.78 is 5.51. The molecule has 3 rings (SSSR count). The Bertz CT molecular complexity index is 669. The molecule has 1 aromatic heterocycles. The lowest BCUT2D eigenvalue weighted by Gasteiger charge is -2.04. The van der Waals surface area contributed by atoms with Crippen molar-refractivity contribution in [2.75, 3.05) is 7.05 Å². The second-order valence-electron chi connectivity index (χ2n) is 4.35. The Hall–Kier alpha value is -2.06. The van der Waals surface area contributed by atoms with Crippen molar-refractivity contribution in [1.82, 2.24) is 5.32 Å². The summed E-state index contributed by atoms with van der Waals surface area (Å²) in [6.07, 6.45) is 1.75. The van der Waals surface area contributed by atoms with Crippen molar-refractivity contribution >= 4 is 10.8 Å². The van der Waals surface area contributed by atoms with E-state index in [1.165, 1.54) is 16.3 Å². The van der Waals surface area contributed by atoms with E-state index >= 15 is 0 Å². The van der Waals surface area contributed by atoms with Crippen LogP contribution < -0.4 is 5.32 Å². The molecular formula is C16H15NO. The van der Waals surface area contributed by atoms with Crippen LogP contribution in [0.3, 0.4) is 0 Å². The lowest BCUT2D eigenvalue weighted by molar-refractivity contribution is 0.497. The van der Waals surface area contributed by atoms with Gasteiger partial charge in [-0.1, -0.05) is 36.4 Å². The van der Waals surface area contributed by atoms with Crippen molar-refractivity contribution in [3.8, 4) is 11.1 Å². The molecule has 0 unspecified atom stereocenters. The molecule has 0 amide bonds. The topological polar surface area (TPSA) is 25.2 Å². The van der Waals surface area contributed by atoms with Crippen molar-refractivity contribution in [3.05, 3.63) is 60.6 Å². The molecule has 1 N–H and O–H groups in total. The standard InChI is InChI=1S/C16H15NO/c1-17-11-16-15(8-9-18-16)14-7-6-12-4-2-3-5-13(12)10-14/h2-10,17H,11H2,1H3. The zero-order chi connectivity index (χ0) is 12.4. The molecule has 0 bridgehead atoms. The lowest BCUT2D eigenvalue weighted by atomic mass is 10.0. The van der Waals surface area contributed by atoms with Gasteiger partial charge in [-0.25, -0.2) is 0 Å². The number of furan rings is 1. The summed E-state index contributed by atoms with van der Waals surface area (Å²) in [5.74, 6) is 0.979. The number of benzene rings is 2. The maximum absolute atomic E-state index is 5.51. The van der Waals surface area contributed by atoms with Crippen LogP contribution in [0.1, 0.15) is 5.76 Å². The van der Waals surface area contributed by atoms with Gasteiger partial charge in [0.25, 0.3) is 0 Å². The molecule has 2 nitrogen and oxygen atoms in total. The van der Waals surface area contributed by atoms with E-state index in [1.54, 1.807) is 6.26 Å². The third-order valence-corrected chi connectivity index (χ3v) is 3.14. The first-order valence-electron chi connectivity index (χ1n) is 6.08. The smallest absolute Gasteiger partial charge is 0.125 e. The fourth-order valence-corrected chi connectivity index (χ4v) is 2.25. The molecule has 3 aromatic rings. The van der Waals surface area contributed by atoms with Crippen molar-refractivity contribution in [2.24, 2.45) is 0 Å². The largest absolute Gasteiger partial charge is 0.467 e. The van der Waals surface area contributed by atoms with Crippen LogP contribution in [0.4, 0.5) is 0 Å². The third-order valence-electron chi connectivity index (χ3n) is 3.14. The Morgan fingerprint density at radius 2 is 1.83 bits per heavy atom. The van der Waals surface area contributed by atoms with E-state index in [-0.39, 0.29) is 0 Å². The third kappa shape index (κ3) is 1.91. The second-order valence-corrected chi connectivity index (χ2v) is 4.35. The van der Waals surface area contributed by atoms with Gasteiger partial charge in [-0.05, 0) is 35.5 Å². The molecule has 18 heavy (non-hydrogen) atoms. The van der Waals surface area contributed by atoms with Crippen LogP contribution in [-0.2, 0) is 6.54 Å². The second kappa shape index (κ2) is 4.67. The van der Waals surface area contributed by atoms with Gasteiger partial charge < -0.3 is 9.73 Å². The Morgan fingerprint density at radius 3 is 2.67 bits per heavy atom. The van der Waals surface area contributed by atoms with E-state index < -0.39 is 0 Å². The maximum Gasteiger partial charge on any atom is 0.125 e. The zero-order valence-corrected chi connectivity index (χ0v) is 10.3. The highest BCUT2D eigenvalue weighted by Crippen LogP contribution is 2.28. The normalized spacial score (nSPS) is 10.9. The van der Waals surface area contributed by atoms with Crippen LogP contribution in [0.5, 0.6) is 0 Å². The average Bonchev–Trinajstić information content (AvgIpc) is 2.87. The molecule has 0 saturated heterocycles. The van der Waals surface area contributed by atoms with Crippen molar-refractivity contribution in [2.45, 2.75) is 6.54 Å². The zero-order valence-electron chi connectivity index (χ0n) is 10.3. The number of hydrogen-bond acceptors (Lipinski definition) is 2. The van der Waals surface area contributed by atoms with Crippen LogP contribution in [0.25, 0.3) is 21.9 Å². The van der Waals surface area contributed by atoms with Gasteiger partial charge in [0, 0.05) is 5.56 Å². The SMILES string of the molecule is CNCc1occc1-c1ccc2ccccc2c1. The molecular weight excluding hydrogens is 222 g/mol. The average molecular weight is 237 g/mol. The molecule has 0 saturated carbocycles. The van der Waals surface area contributed by atoms with E-state index in [1.807, 2.05) is 13.1 Å². The van der Waals surface area contributed by atoms with Gasteiger partial charge >= 0.3 is 0 Å². The minimum Gasteiger partial charge on any atom is -0.467 e. The van der Waals surface area contributed by atoms with E-state index in [0.717, 1.165) is 17.9 Å². The Labute approximate surface area is 106 Å². The Kier molecular flexibility index (Phi) is 2.87. The van der Waals surface area contributed by atoms with Gasteiger partial charge in [0.15, 0.2) is 0 Å². The fourth-order valence-electron chi connectivity index (χ4n) is 2.25. The first kappa shape index (κ1) is 11.1. The predicted octanol–water partition coefficient (Wildman–Crippen LogP) is 3.82. The molecule has 90 valence electrons. The minimum absolute atomic E-state index is 0.745. The highest BCUT2D eigenvalue weighted by Gasteiger charge is 2.08. The van der Waals surface area contributed by atoms with Gasteiger partial charge in [0.2, 0.25) is 0 Å². The van der Waals surface area contributed by atoms with Crippen molar-refractivity contribution in [1.29, 1.82) is 0 Å². The molecule has 0 radical (unpaired) electrons. The monoisotopic (exact) mass is 237 g/mol. The van der Waals surface area contributed by atoms with Crippen LogP contribution in [0.2, 0.25) is 0 Å². The first-order chi connectivity index (χ1) is 8.88. The summed E-state index contributed by atoms with van der Waals surface area (Å²) in [6.45, 7) is 0.745. The van der Waals surface area contributed by atoms with Crippen molar-refractivity contribution < 1.29 is 4.42 Å². The summed E-state index contributed by atoms with van der Waals surface area (Å²) in [7, 11) is 1.92. The van der Waals surface area contributed by atoms with Gasteiger partial charge in [0.1, 0.15) is 5.76 Å². The summed E-state index contributed by atoms with van der Waals surface area (Å²) in [4.78, 5) is 0. The Morgan fingerprint density at radius 1 is 1.00 bits per heavy atom. The molecule has 1 heterocycles. The molecule has 0 aliphatic heterocycles. The van der Waals surface area contributed by atoms with Gasteiger partial charge in [0.05, 0.1) is 12.8 Å². The van der Waals surface area contributed by atoms with Crippen molar-refractivity contribution in [3.63, 3.8) is 0 Å². The predicted molar refractivity (Wildman–Crippen MR) is 74.4 cm³/mol. The minimum atomic E-state index is 0.745. The molecule has 2 aromatic carbocycles. The number of nitrogens with one attached hydrogen (secondary N) is 1. The first-order valence-corrected chi connectivity index (χ1v) is 6.08. The van der Waals surface area contributed by atoms with Crippen LogP contribution >= 0.6 is 0 Å². The number of hydrogen-bond donors (Lipinski definition) is 1. The summed E-state index contributed by atoms with van der Waals surface area (Å²) in [5, 5.41) is 5.64. The maximum atomic E-state index is 5.51. The van der Waals surface area contributed by atoms with E-state index in [4.69, 9.17) is 4.42 Å². The number of rotatable bonds is 3. The highest BCUT2D eigenvalue weighted by atomic mass is 16.3. The molecule has 0 aliphatic carbocycles. The summed E-state index contributed by atoms with van der Waals surface area (Å²) >= 11 is 0. The van der Waals surface area contributed by atoms with Gasteiger partial charge in [-0.15, -0.1) is 0 Å². The lowest BCUT2D eigenvalue weighted by Crippen LogP contribution is -2.04. The fraction of sp³-hybridized carbons (Fsp3) is 0.125. The summed E-state index contributed by atoms with van der Waals surface area (Å²) in [5.41, 5.74) is 2.36.